The third-order valence-corrected chi connectivity index (χ3v) is 18.7. The lowest BCUT2D eigenvalue weighted by Gasteiger charge is -2.43. The first-order chi connectivity index (χ1) is 47.3. The molecule has 10 atom stereocenters. The number of ketones is 3. The van der Waals surface area contributed by atoms with Crippen molar-refractivity contribution in [1.82, 2.24) is 46.2 Å². The van der Waals surface area contributed by atoms with Gasteiger partial charge in [-0.05, 0) is 62.3 Å². The Morgan fingerprint density at radius 2 is 1.58 bits per heavy atom. The zero-order valence-corrected chi connectivity index (χ0v) is 56.1. The van der Waals surface area contributed by atoms with Gasteiger partial charge in [-0.1, -0.05) is 44.5 Å². The number of carbonyl (C=O) groups excluding carboxylic acids is 10. The number of phenolic OH excluding ortho intramolecular Hbond substituents is 2. The maximum Gasteiger partial charge on any atom is 0.409 e. The second kappa shape index (κ2) is 31.3. The topological polar surface area (TPSA) is 408 Å². The number of unbranched alkanes of at least 4 members (excludes halogenated alkanes) is 2. The van der Waals surface area contributed by atoms with E-state index >= 15 is 0 Å². The number of methoxy groups -OCH3 is 2. The molecular weight excluding hydrogens is 1290 g/mol. The number of phenols is 2. The number of anilines is 1. The minimum atomic E-state index is -2.48. The van der Waals surface area contributed by atoms with E-state index in [1.54, 1.807) is 42.4 Å². The van der Waals surface area contributed by atoms with Crippen molar-refractivity contribution in [2.24, 2.45) is 11.7 Å². The van der Waals surface area contributed by atoms with Crippen molar-refractivity contribution in [2.45, 2.75) is 146 Å². The molecule has 0 unspecified atom stereocenters. The Balaban J connectivity index is 0.721. The number of hydrazine groups is 2. The van der Waals surface area contributed by atoms with Crippen LogP contribution in [0.25, 0.3) is 0 Å². The number of nitrogens with one attached hydrogen (secondary N) is 5. The Kier molecular flexibility index (Phi) is 22.9. The van der Waals surface area contributed by atoms with Crippen LogP contribution in [0.5, 0.6) is 17.2 Å². The number of hydrogen-bond donors (Lipinski definition) is 9. The molecule has 0 radical (unpaired) electrons. The zero-order chi connectivity index (χ0) is 71.1. The van der Waals surface area contributed by atoms with E-state index < -0.39 is 138 Å². The second-order valence-corrected chi connectivity index (χ2v) is 25.7. The summed E-state index contributed by atoms with van der Waals surface area (Å²) in [6, 6.07) is 8.55. The number of primary amides is 1. The summed E-state index contributed by atoms with van der Waals surface area (Å²) in [5, 5.41) is 46.8. The minimum Gasteiger partial charge on any atom is -0.507 e. The van der Waals surface area contributed by atoms with Crippen molar-refractivity contribution in [1.29, 1.82) is 0 Å². The van der Waals surface area contributed by atoms with E-state index in [1.807, 2.05) is 13.8 Å². The standard InChI is InChI=1S/C67H85N11O21/c1-35(2)55(71-47(80)16-9-8-10-24-77-48(81)21-22-49(77)82)41-32-78(73-72-41)42(14-12-23-69-64(68)88)61(87)70-38-19-17-37(18-20-38)33-95-65(89)74(4)25-26-75(5)66(90)96-34-46(79)67(91)30-40-52(59(86)54-53(57(40)84)56(83)39-13-11-15-44(92-6)51(39)58(54)85)45(31-67)98-50-29-43-60(36(3)97-50)99-62-63(93-7)94-28-27-76(43)62/h11,13,15,17-22,32,35-36,42-43,45,50,55,60,62-63,72-73,84,86,91H,8-10,12,14,16,23-31,33-34H2,1-7H3,(H,70,87)(H,71,80)(H3,68,69,88)/t36-,42-,43-,45-,50-,55-,60+,62+,63-,67-/m0/s1. The van der Waals surface area contributed by atoms with E-state index in [1.165, 1.54) is 68.5 Å². The Bertz CT molecular complexity index is 3660. The van der Waals surface area contributed by atoms with Crippen LogP contribution in [0.1, 0.15) is 127 Å². The molecule has 534 valence electrons. The fourth-order valence-corrected chi connectivity index (χ4v) is 13.4. The van der Waals surface area contributed by atoms with E-state index in [0.29, 0.717) is 55.8 Å². The van der Waals surface area contributed by atoms with Gasteiger partial charge in [0.2, 0.25) is 23.4 Å². The van der Waals surface area contributed by atoms with Gasteiger partial charge in [0, 0.05) is 126 Å². The van der Waals surface area contributed by atoms with E-state index in [4.69, 9.17) is 43.6 Å². The molecular formula is C67H85N11O21. The Morgan fingerprint density at radius 1 is 0.869 bits per heavy atom. The van der Waals surface area contributed by atoms with Crippen molar-refractivity contribution in [3.05, 3.63) is 105 Å². The Labute approximate surface area is 570 Å². The third-order valence-electron chi connectivity index (χ3n) is 18.7. The van der Waals surface area contributed by atoms with Crippen LogP contribution >= 0.6 is 0 Å². The lowest BCUT2D eigenvalue weighted by atomic mass is 9.72. The molecule has 3 fully saturated rings. The number of amides is 8. The highest BCUT2D eigenvalue weighted by Crippen LogP contribution is 2.53. The molecule has 3 aromatic rings. The number of fused-ring (bicyclic) bond motifs is 6. The normalized spacial score (nSPS) is 23.6. The average molecular weight is 1380 g/mol. The maximum atomic E-state index is 14.4. The van der Waals surface area contributed by atoms with Crippen LogP contribution in [-0.4, -0.2) is 228 Å². The molecule has 3 aromatic carbocycles. The second-order valence-electron chi connectivity index (χ2n) is 25.7. The first kappa shape index (κ1) is 72.5. The summed E-state index contributed by atoms with van der Waals surface area (Å²) in [6.07, 6.45) is -1.01. The SMILES string of the molecule is COc1cccc2c1C(=O)c1c(O)c3c(c(O)c1C2=O)C[C@@](O)(C(=O)COC(=O)N(C)CCN(C)C(=O)OCc1ccc(NC(=O)[C@H](CCCNC(N)=O)N2C=C([C@@H](NC(=O)CCCCCN4C(=O)C=CC4=O)C(C)C)NN2)cc1)C[C@@H]3O[C@H]1C[C@H]2[C@H](O[C@@H]3[C@@H](OC)OCCN32)[C@H](C)O1. The van der Waals surface area contributed by atoms with Crippen molar-refractivity contribution in [3.63, 3.8) is 0 Å². The molecule has 5 heterocycles. The van der Waals surface area contributed by atoms with E-state index in [2.05, 4.69) is 31.8 Å². The largest absolute Gasteiger partial charge is 0.507 e. The molecule has 32 heteroatoms. The first-order valence-electron chi connectivity index (χ1n) is 32.8. The van der Waals surface area contributed by atoms with Gasteiger partial charge in [0.25, 0.3) is 11.8 Å². The maximum absolute atomic E-state index is 14.4. The molecule has 99 heavy (non-hydrogen) atoms. The van der Waals surface area contributed by atoms with Crippen molar-refractivity contribution >= 4 is 64.9 Å². The molecule has 10 rings (SSSR count). The van der Waals surface area contributed by atoms with Crippen molar-refractivity contribution in [2.75, 3.05) is 79.6 Å². The molecule has 32 nitrogen and oxygen atoms in total. The number of imide groups is 1. The summed E-state index contributed by atoms with van der Waals surface area (Å²) in [5.74, 6) is -5.53. The lowest BCUT2D eigenvalue weighted by Crippen LogP contribution is -2.55. The summed E-state index contributed by atoms with van der Waals surface area (Å²) in [6.45, 7) is 5.61. The average Bonchev–Trinajstić information content (AvgIpc) is 1.08. The van der Waals surface area contributed by atoms with Gasteiger partial charge in [-0.15, -0.1) is 5.53 Å². The van der Waals surface area contributed by atoms with Crippen LogP contribution < -0.4 is 37.4 Å². The number of nitrogens with zero attached hydrogens (tertiary/aromatic N) is 5. The van der Waals surface area contributed by atoms with Gasteiger partial charge < -0.3 is 90.1 Å². The number of rotatable bonds is 28. The lowest BCUT2D eigenvalue weighted by molar-refractivity contribution is -0.256. The van der Waals surface area contributed by atoms with E-state index in [0.717, 1.165) is 4.90 Å². The summed E-state index contributed by atoms with van der Waals surface area (Å²) in [5.41, 5.74) is 8.71. The van der Waals surface area contributed by atoms with Gasteiger partial charge in [-0.25, -0.2) is 14.4 Å². The monoisotopic (exact) mass is 1380 g/mol. The fraction of sp³-hybridized carbons (Fsp3) is 0.522. The highest BCUT2D eigenvalue weighted by molar-refractivity contribution is 6.31. The van der Waals surface area contributed by atoms with Gasteiger partial charge in [0.15, 0.2) is 31.2 Å². The molecule has 7 aliphatic rings. The summed E-state index contributed by atoms with van der Waals surface area (Å²) < 4.78 is 47.0. The Morgan fingerprint density at radius 3 is 2.26 bits per heavy atom. The molecule has 10 N–H and O–H groups in total. The molecule has 2 aliphatic carbocycles. The summed E-state index contributed by atoms with van der Waals surface area (Å²) in [7, 11) is 5.62. The molecule has 8 amide bonds. The van der Waals surface area contributed by atoms with E-state index in [-0.39, 0.29) is 110 Å². The number of carbonyl (C=O) groups is 10. The molecule has 0 aromatic heterocycles. The number of urea groups is 1. The van der Waals surface area contributed by atoms with Gasteiger partial charge in [-0.2, -0.15) is 0 Å². The van der Waals surface area contributed by atoms with Gasteiger partial charge in [0.1, 0.15) is 41.6 Å². The third kappa shape index (κ3) is 15.9. The smallest absolute Gasteiger partial charge is 0.409 e. The highest BCUT2D eigenvalue weighted by atomic mass is 16.7. The predicted molar refractivity (Wildman–Crippen MR) is 346 cm³/mol. The quantitative estimate of drug-likeness (QED) is 0.0224. The van der Waals surface area contributed by atoms with Crippen molar-refractivity contribution in [3.8, 4) is 17.2 Å². The number of aliphatic hydroxyl groups is 1. The fourth-order valence-electron chi connectivity index (χ4n) is 13.4. The minimum absolute atomic E-state index is 0.0489. The number of morpholine rings is 1. The number of benzene rings is 3. The van der Waals surface area contributed by atoms with E-state index in [9.17, 15) is 63.3 Å². The number of likely N-dealkylation sites (N-methyl/N-ethyl adjacent to an activating group) is 2. The van der Waals surface area contributed by atoms with Crippen LogP contribution in [0.4, 0.5) is 20.1 Å². The molecule has 5 aliphatic heterocycles. The number of aromatic hydroxyl groups is 2. The Hall–Kier alpha value is -9.28. The molecule has 3 saturated heterocycles. The predicted octanol–water partition coefficient (Wildman–Crippen LogP) is 2.60. The molecule has 0 saturated carbocycles. The molecule has 0 bridgehead atoms. The first-order valence-corrected chi connectivity index (χ1v) is 32.8. The number of Topliss-reactive ketones (excluding diaryl/α,β-unsaturated/α-hetero) is 1. The number of ether oxygens (including phenoxy) is 8. The number of hydrogen-bond acceptors (Lipinski definition) is 25. The van der Waals surface area contributed by atoms with Crippen molar-refractivity contribution < 1.29 is 101 Å². The summed E-state index contributed by atoms with van der Waals surface area (Å²) >= 11 is 0. The van der Waals surface area contributed by atoms with Gasteiger partial charge >= 0.3 is 18.2 Å². The zero-order valence-electron chi connectivity index (χ0n) is 56.1. The van der Waals surface area contributed by atoms with Crippen LogP contribution in [-0.2, 0) is 70.2 Å². The van der Waals surface area contributed by atoms with Crippen LogP contribution in [0.15, 0.2) is 66.5 Å². The van der Waals surface area contributed by atoms with Crippen LogP contribution in [0.2, 0.25) is 0 Å². The highest BCUT2D eigenvalue weighted by Gasteiger charge is 2.56. The number of nitrogens with two attached hydrogens (primary N) is 1. The van der Waals surface area contributed by atoms with Crippen LogP contribution in [0, 0.1) is 5.92 Å². The van der Waals surface area contributed by atoms with Gasteiger partial charge in [-0.3, -0.25) is 48.4 Å². The molecule has 0 spiro atoms. The van der Waals surface area contributed by atoms with Gasteiger partial charge in [0.05, 0.1) is 54.4 Å². The summed E-state index contributed by atoms with van der Waals surface area (Å²) in [4.78, 5) is 137. The van der Waals surface area contributed by atoms with Crippen LogP contribution in [0.3, 0.4) is 0 Å².